The molecule has 1 aliphatic rings. The Morgan fingerprint density at radius 1 is 1.29 bits per heavy atom. The molecular weight excluding hydrogens is 233 g/mol. The largest absolute Gasteiger partial charge is 0.454 e. The predicted molar refractivity (Wildman–Crippen MR) is 54.0 cm³/mol. The molecule has 0 saturated carbocycles. The van der Waals surface area contributed by atoms with Crippen molar-refractivity contribution in [3.05, 3.63) is 35.6 Å². The van der Waals surface area contributed by atoms with Gasteiger partial charge in [0.25, 0.3) is 0 Å². The van der Waals surface area contributed by atoms with Crippen LogP contribution in [0.15, 0.2) is 24.3 Å². The first-order chi connectivity index (χ1) is 8.02. The Labute approximate surface area is 96.4 Å². The predicted octanol–water partition coefficient (Wildman–Crippen LogP) is 3.01. The zero-order chi connectivity index (χ0) is 12.5. The Hall–Kier alpha value is -1.52. The van der Waals surface area contributed by atoms with E-state index in [2.05, 4.69) is 0 Å². The number of ether oxygens (including phenoxy) is 1. The summed E-state index contributed by atoms with van der Waals surface area (Å²) in [6, 6.07) is 5.12. The van der Waals surface area contributed by atoms with Crippen LogP contribution in [0.2, 0.25) is 0 Å². The Morgan fingerprint density at radius 3 is 2.41 bits per heavy atom. The molecule has 2 nitrogen and oxygen atoms in total. The molecule has 1 saturated heterocycles. The minimum absolute atomic E-state index is 0.115. The highest BCUT2D eigenvalue weighted by Gasteiger charge is 2.44. The zero-order valence-corrected chi connectivity index (χ0v) is 8.96. The van der Waals surface area contributed by atoms with Crippen molar-refractivity contribution >= 4 is 5.97 Å². The fraction of sp³-hybridized carbons (Fsp3) is 0.417. The second-order valence-electron chi connectivity index (χ2n) is 4.07. The second-order valence-corrected chi connectivity index (χ2v) is 4.07. The summed E-state index contributed by atoms with van der Waals surface area (Å²) < 4.78 is 42.9. The summed E-state index contributed by atoms with van der Waals surface area (Å²) in [6.45, 7) is 0. The molecule has 1 fully saturated rings. The molecule has 92 valence electrons. The Kier molecular flexibility index (Phi) is 3.09. The van der Waals surface area contributed by atoms with Gasteiger partial charge in [0.05, 0.1) is 6.42 Å². The van der Waals surface area contributed by atoms with Gasteiger partial charge in [-0.3, -0.25) is 4.79 Å². The second kappa shape index (κ2) is 4.39. The van der Waals surface area contributed by atoms with Crippen molar-refractivity contribution in [2.24, 2.45) is 0 Å². The van der Waals surface area contributed by atoms with Crippen LogP contribution in [0, 0.1) is 5.82 Å². The van der Waals surface area contributed by atoms with Crippen LogP contribution in [0.3, 0.4) is 0 Å². The van der Waals surface area contributed by atoms with Crippen molar-refractivity contribution < 1.29 is 22.7 Å². The van der Waals surface area contributed by atoms with E-state index in [4.69, 9.17) is 4.74 Å². The molecule has 2 rings (SSSR count). The summed E-state index contributed by atoms with van der Waals surface area (Å²) in [5.41, 5.74) is -0.871. The number of halogens is 3. The van der Waals surface area contributed by atoms with Crippen molar-refractivity contribution in [1.29, 1.82) is 0 Å². The minimum atomic E-state index is -2.58. The highest BCUT2D eigenvalue weighted by atomic mass is 19.3. The molecule has 1 aromatic rings. The average molecular weight is 244 g/mol. The normalized spacial score (nSPS) is 24.1. The van der Waals surface area contributed by atoms with Gasteiger partial charge >= 0.3 is 5.97 Å². The fourth-order valence-corrected chi connectivity index (χ4v) is 2.09. The zero-order valence-electron chi connectivity index (χ0n) is 8.96. The minimum Gasteiger partial charge on any atom is -0.454 e. The molecule has 0 aromatic heterocycles. The molecule has 0 bridgehead atoms. The van der Waals surface area contributed by atoms with Gasteiger partial charge in [-0.15, -0.1) is 0 Å². The van der Waals surface area contributed by atoms with Crippen molar-refractivity contribution in [2.45, 2.75) is 31.3 Å². The summed E-state index contributed by atoms with van der Waals surface area (Å²) >= 11 is 0. The number of cyclic esters (lactones) is 1. The van der Waals surface area contributed by atoms with E-state index in [0.29, 0.717) is 5.56 Å². The first kappa shape index (κ1) is 12.0. The molecule has 0 spiro atoms. The van der Waals surface area contributed by atoms with E-state index in [1.807, 2.05) is 0 Å². The lowest BCUT2D eigenvalue weighted by atomic mass is 9.88. The van der Waals surface area contributed by atoms with E-state index in [0.717, 1.165) is 0 Å². The maximum atomic E-state index is 12.8. The van der Waals surface area contributed by atoms with E-state index in [1.165, 1.54) is 24.3 Å². The molecule has 0 aliphatic carbocycles. The average Bonchev–Trinajstić information content (AvgIpc) is 2.61. The van der Waals surface area contributed by atoms with Crippen molar-refractivity contribution in [1.82, 2.24) is 0 Å². The summed E-state index contributed by atoms with van der Waals surface area (Å²) in [6.07, 6.45) is -2.80. The number of alkyl halides is 2. The van der Waals surface area contributed by atoms with Crippen LogP contribution in [-0.4, -0.2) is 12.4 Å². The molecule has 1 atom stereocenters. The summed E-state index contributed by atoms with van der Waals surface area (Å²) in [4.78, 5) is 11.1. The van der Waals surface area contributed by atoms with Crippen molar-refractivity contribution in [3.8, 4) is 0 Å². The molecule has 1 unspecified atom stereocenters. The molecule has 5 heteroatoms. The fourth-order valence-electron chi connectivity index (χ4n) is 2.09. The molecule has 0 radical (unpaired) electrons. The Morgan fingerprint density at radius 2 is 1.94 bits per heavy atom. The van der Waals surface area contributed by atoms with Crippen LogP contribution in [0.4, 0.5) is 13.2 Å². The molecule has 1 aliphatic heterocycles. The van der Waals surface area contributed by atoms with Crippen LogP contribution in [-0.2, 0) is 15.1 Å². The van der Waals surface area contributed by atoms with Crippen LogP contribution >= 0.6 is 0 Å². The van der Waals surface area contributed by atoms with Gasteiger partial charge in [-0.2, -0.15) is 0 Å². The third-order valence-corrected chi connectivity index (χ3v) is 2.90. The lowest BCUT2D eigenvalue weighted by molar-refractivity contribution is -0.152. The summed E-state index contributed by atoms with van der Waals surface area (Å²) in [5.74, 6) is -0.944. The molecular formula is C12H11F3O2. The Bertz CT molecular complexity index is 416. The lowest BCUT2D eigenvalue weighted by Crippen LogP contribution is -2.28. The standard InChI is InChI=1S/C12H11F3O2/c13-9-3-1-8(2-4-9)12(7-10(14)15)6-5-11(16)17-12/h1-4,10H,5-7H2. The number of hydrogen-bond acceptors (Lipinski definition) is 2. The van der Waals surface area contributed by atoms with Crippen LogP contribution in [0.5, 0.6) is 0 Å². The maximum Gasteiger partial charge on any atom is 0.306 e. The van der Waals surface area contributed by atoms with Crippen LogP contribution < -0.4 is 0 Å². The van der Waals surface area contributed by atoms with E-state index in [9.17, 15) is 18.0 Å². The highest BCUT2D eigenvalue weighted by molar-refractivity contribution is 5.72. The van der Waals surface area contributed by atoms with Gasteiger partial charge in [0, 0.05) is 12.8 Å². The molecule has 1 heterocycles. The molecule has 17 heavy (non-hydrogen) atoms. The van der Waals surface area contributed by atoms with Gasteiger partial charge in [-0.1, -0.05) is 12.1 Å². The monoisotopic (exact) mass is 244 g/mol. The van der Waals surface area contributed by atoms with Crippen molar-refractivity contribution in [2.75, 3.05) is 0 Å². The molecule has 0 N–H and O–H groups in total. The number of carbonyl (C=O) groups excluding carboxylic acids is 1. The van der Waals surface area contributed by atoms with E-state index in [1.54, 1.807) is 0 Å². The van der Waals surface area contributed by atoms with E-state index >= 15 is 0 Å². The van der Waals surface area contributed by atoms with Crippen LogP contribution in [0.25, 0.3) is 0 Å². The number of esters is 1. The number of benzene rings is 1. The molecule has 0 amide bonds. The number of rotatable bonds is 3. The van der Waals surface area contributed by atoms with Gasteiger partial charge in [-0.05, 0) is 17.7 Å². The number of hydrogen-bond donors (Lipinski definition) is 0. The van der Waals surface area contributed by atoms with E-state index in [-0.39, 0.29) is 12.8 Å². The third kappa shape index (κ3) is 2.43. The summed E-state index contributed by atoms with van der Waals surface area (Å²) in [7, 11) is 0. The van der Waals surface area contributed by atoms with Gasteiger partial charge in [0.1, 0.15) is 11.4 Å². The third-order valence-electron chi connectivity index (χ3n) is 2.90. The lowest BCUT2D eigenvalue weighted by Gasteiger charge is -2.27. The first-order valence-corrected chi connectivity index (χ1v) is 5.28. The molecule has 1 aromatic carbocycles. The first-order valence-electron chi connectivity index (χ1n) is 5.28. The van der Waals surface area contributed by atoms with Gasteiger partial charge in [0.15, 0.2) is 0 Å². The smallest absolute Gasteiger partial charge is 0.306 e. The van der Waals surface area contributed by atoms with Gasteiger partial charge < -0.3 is 4.74 Å². The van der Waals surface area contributed by atoms with E-state index < -0.39 is 30.2 Å². The SMILES string of the molecule is O=C1CCC(CC(F)F)(c2ccc(F)cc2)O1. The Balaban J connectivity index is 2.33. The number of carbonyl (C=O) groups is 1. The van der Waals surface area contributed by atoms with Crippen molar-refractivity contribution in [3.63, 3.8) is 0 Å². The van der Waals surface area contributed by atoms with Crippen LogP contribution in [0.1, 0.15) is 24.8 Å². The summed E-state index contributed by atoms with van der Waals surface area (Å²) in [5, 5.41) is 0. The maximum absolute atomic E-state index is 12.8. The van der Waals surface area contributed by atoms with Gasteiger partial charge in [0.2, 0.25) is 6.43 Å². The highest BCUT2D eigenvalue weighted by Crippen LogP contribution is 2.41. The quantitative estimate of drug-likeness (QED) is 0.764. The topological polar surface area (TPSA) is 26.3 Å². The van der Waals surface area contributed by atoms with Gasteiger partial charge in [-0.25, -0.2) is 13.2 Å².